The van der Waals surface area contributed by atoms with E-state index < -0.39 is 15.9 Å². The zero-order chi connectivity index (χ0) is 19.9. The fourth-order valence-corrected chi connectivity index (χ4v) is 3.39. The maximum Gasteiger partial charge on any atom is 0.291 e. The second-order valence-corrected chi connectivity index (χ2v) is 7.86. The van der Waals surface area contributed by atoms with Crippen LogP contribution in [0.4, 0.5) is 5.69 Å². The average molecular weight is 393 g/mol. The molecule has 0 bridgehead atoms. The van der Waals surface area contributed by atoms with E-state index in [4.69, 9.17) is 4.42 Å². The van der Waals surface area contributed by atoms with Crippen molar-refractivity contribution >= 4 is 27.5 Å². The van der Waals surface area contributed by atoms with Crippen LogP contribution in [0.2, 0.25) is 0 Å². The Balaban J connectivity index is 1.87. The maximum absolute atomic E-state index is 12.2. The summed E-state index contributed by atoms with van der Waals surface area (Å²) in [6, 6.07) is 9.68. The van der Waals surface area contributed by atoms with E-state index in [1.54, 1.807) is 43.3 Å². The summed E-state index contributed by atoms with van der Waals surface area (Å²) in [4.78, 5) is 24.2. The van der Waals surface area contributed by atoms with Crippen molar-refractivity contribution in [3.63, 3.8) is 0 Å². The number of carbonyl (C=O) groups excluding carboxylic acids is 2. The third kappa shape index (κ3) is 6.22. The number of nitrogens with one attached hydrogen (secondary N) is 2. The minimum absolute atomic E-state index is 0.177. The third-order valence-corrected chi connectivity index (χ3v) is 5.20. The molecular weight excluding hydrogens is 370 g/mol. The quantitative estimate of drug-likeness (QED) is 0.633. The molecule has 1 aromatic carbocycles. The Morgan fingerprint density at radius 2 is 1.93 bits per heavy atom. The SMILES string of the molecule is CCN(CCCNC(=O)c1cccc(NC(=O)c2ccco2)c1)S(C)(=O)=O. The van der Waals surface area contributed by atoms with Gasteiger partial charge in [0.05, 0.1) is 12.5 Å². The molecule has 0 saturated carbocycles. The minimum atomic E-state index is -3.23. The molecule has 9 heteroatoms. The molecule has 2 rings (SSSR count). The average Bonchev–Trinajstić information content (AvgIpc) is 3.15. The molecule has 0 atom stereocenters. The smallest absolute Gasteiger partial charge is 0.291 e. The van der Waals surface area contributed by atoms with Crippen molar-refractivity contribution in [2.24, 2.45) is 0 Å². The molecule has 2 amide bonds. The first-order chi connectivity index (χ1) is 12.8. The molecule has 2 N–H and O–H groups in total. The molecule has 0 aliphatic carbocycles. The summed E-state index contributed by atoms with van der Waals surface area (Å²) in [6.45, 7) is 2.84. The number of furan rings is 1. The number of anilines is 1. The monoisotopic (exact) mass is 393 g/mol. The van der Waals surface area contributed by atoms with Gasteiger partial charge in [0.2, 0.25) is 10.0 Å². The van der Waals surface area contributed by atoms with Crippen LogP contribution in [0.25, 0.3) is 0 Å². The Bertz CT molecular complexity index is 878. The van der Waals surface area contributed by atoms with E-state index in [-0.39, 0.29) is 11.7 Å². The lowest BCUT2D eigenvalue weighted by atomic mass is 10.2. The zero-order valence-electron chi connectivity index (χ0n) is 15.3. The summed E-state index contributed by atoms with van der Waals surface area (Å²) in [5, 5.41) is 5.41. The summed E-state index contributed by atoms with van der Waals surface area (Å²) in [6.07, 6.45) is 3.07. The first-order valence-electron chi connectivity index (χ1n) is 8.49. The van der Waals surface area contributed by atoms with Gasteiger partial charge < -0.3 is 15.1 Å². The zero-order valence-corrected chi connectivity index (χ0v) is 16.1. The van der Waals surface area contributed by atoms with E-state index in [2.05, 4.69) is 10.6 Å². The molecule has 8 nitrogen and oxygen atoms in total. The van der Waals surface area contributed by atoms with Gasteiger partial charge in [0.15, 0.2) is 5.76 Å². The normalized spacial score (nSPS) is 11.4. The molecule has 27 heavy (non-hydrogen) atoms. The Morgan fingerprint density at radius 3 is 2.56 bits per heavy atom. The number of sulfonamides is 1. The lowest BCUT2D eigenvalue weighted by Crippen LogP contribution is -2.33. The van der Waals surface area contributed by atoms with E-state index in [9.17, 15) is 18.0 Å². The lowest BCUT2D eigenvalue weighted by Gasteiger charge is -2.17. The second kappa shape index (κ2) is 9.33. The van der Waals surface area contributed by atoms with Crippen molar-refractivity contribution < 1.29 is 22.4 Å². The minimum Gasteiger partial charge on any atom is -0.459 e. The first-order valence-corrected chi connectivity index (χ1v) is 10.3. The Hall–Kier alpha value is -2.65. The van der Waals surface area contributed by atoms with Gasteiger partial charge in [0, 0.05) is 30.9 Å². The predicted molar refractivity (Wildman–Crippen MR) is 102 cm³/mol. The van der Waals surface area contributed by atoms with Crippen LogP contribution in [0.15, 0.2) is 47.1 Å². The molecular formula is C18H23N3O5S. The summed E-state index contributed by atoms with van der Waals surface area (Å²) in [7, 11) is -3.23. The number of hydrogen-bond donors (Lipinski definition) is 2. The van der Waals surface area contributed by atoms with Crippen LogP contribution in [0.1, 0.15) is 34.3 Å². The highest BCUT2D eigenvalue weighted by molar-refractivity contribution is 7.88. The van der Waals surface area contributed by atoms with Crippen LogP contribution in [-0.2, 0) is 10.0 Å². The molecule has 0 fully saturated rings. The van der Waals surface area contributed by atoms with Gasteiger partial charge in [-0.2, -0.15) is 0 Å². The molecule has 0 spiro atoms. The fraction of sp³-hybridized carbons (Fsp3) is 0.333. The number of carbonyl (C=O) groups is 2. The van der Waals surface area contributed by atoms with Gasteiger partial charge in [-0.15, -0.1) is 0 Å². The number of hydrogen-bond acceptors (Lipinski definition) is 5. The van der Waals surface area contributed by atoms with E-state index >= 15 is 0 Å². The van der Waals surface area contributed by atoms with Crippen LogP contribution in [0.3, 0.4) is 0 Å². The lowest BCUT2D eigenvalue weighted by molar-refractivity contribution is 0.0950. The van der Waals surface area contributed by atoms with Crippen molar-refractivity contribution in [2.75, 3.05) is 31.2 Å². The third-order valence-electron chi connectivity index (χ3n) is 3.82. The molecule has 146 valence electrons. The number of amides is 2. The standard InChI is InChI=1S/C18H23N3O5S/c1-3-21(27(2,24)25)11-6-10-19-17(22)14-7-4-8-15(13-14)20-18(23)16-9-5-12-26-16/h4-5,7-9,12-13H,3,6,10-11H2,1-2H3,(H,19,22)(H,20,23). The Morgan fingerprint density at radius 1 is 1.15 bits per heavy atom. The highest BCUT2D eigenvalue weighted by atomic mass is 32.2. The van der Waals surface area contributed by atoms with Crippen LogP contribution in [0, 0.1) is 0 Å². The molecule has 0 aliphatic heterocycles. The van der Waals surface area contributed by atoms with Crippen molar-refractivity contribution in [2.45, 2.75) is 13.3 Å². The Labute approximate surface area is 158 Å². The van der Waals surface area contributed by atoms with Gasteiger partial charge in [-0.3, -0.25) is 9.59 Å². The first kappa shape index (κ1) is 20.7. The van der Waals surface area contributed by atoms with E-state index in [0.717, 1.165) is 6.26 Å². The van der Waals surface area contributed by atoms with Crippen LogP contribution in [-0.4, -0.2) is 50.4 Å². The molecule has 1 aromatic heterocycles. The molecule has 0 saturated heterocycles. The van der Waals surface area contributed by atoms with Gasteiger partial charge in [-0.05, 0) is 36.8 Å². The van der Waals surface area contributed by atoms with Gasteiger partial charge >= 0.3 is 0 Å². The van der Waals surface area contributed by atoms with E-state index in [1.807, 2.05) is 0 Å². The van der Waals surface area contributed by atoms with Crippen molar-refractivity contribution in [1.82, 2.24) is 9.62 Å². The highest BCUT2D eigenvalue weighted by Gasteiger charge is 2.14. The molecule has 0 aliphatic rings. The topological polar surface area (TPSA) is 109 Å². The van der Waals surface area contributed by atoms with Crippen molar-refractivity contribution in [3.05, 3.63) is 54.0 Å². The highest BCUT2D eigenvalue weighted by Crippen LogP contribution is 2.13. The van der Waals surface area contributed by atoms with Gasteiger partial charge in [-0.1, -0.05) is 13.0 Å². The molecule has 0 unspecified atom stereocenters. The molecule has 0 radical (unpaired) electrons. The summed E-state index contributed by atoms with van der Waals surface area (Å²) in [5.74, 6) is -0.527. The van der Waals surface area contributed by atoms with Gasteiger partial charge in [-0.25, -0.2) is 12.7 Å². The summed E-state index contributed by atoms with van der Waals surface area (Å²) >= 11 is 0. The van der Waals surface area contributed by atoms with E-state index in [1.165, 1.54) is 10.6 Å². The Kier molecular flexibility index (Phi) is 7.14. The van der Waals surface area contributed by atoms with E-state index in [0.29, 0.717) is 37.3 Å². The maximum atomic E-state index is 12.2. The van der Waals surface area contributed by atoms with Gasteiger partial charge in [0.1, 0.15) is 0 Å². The molecule has 2 aromatic rings. The molecule has 1 heterocycles. The number of benzene rings is 1. The largest absolute Gasteiger partial charge is 0.459 e. The van der Waals surface area contributed by atoms with Crippen LogP contribution >= 0.6 is 0 Å². The van der Waals surface area contributed by atoms with Crippen LogP contribution in [0.5, 0.6) is 0 Å². The second-order valence-electron chi connectivity index (χ2n) is 5.88. The predicted octanol–water partition coefficient (Wildman–Crippen LogP) is 1.93. The summed E-state index contributed by atoms with van der Waals surface area (Å²) < 4.78 is 29.4. The number of nitrogens with zero attached hydrogens (tertiary/aromatic N) is 1. The number of rotatable bonds is 9. The van der Waals surface area contributed by atoms with Gasteiger partial charge in [0.25, 0.3) is 11.8 Å². The van der Waals surface area contributed by atoms with Crippen LogP contribution < -0.4 is 10.6 Å². The fourth-order valence-electron chi connectivity index (χ4n) is 2.46. The van der Waals surface area contributed by atoms with Crippen molar-refractivity contribution in [1.29, 1.82) is 0 Å². The van der Waals surface area contributed by atoms with Crippen molar-refractivity contribution in [3.8, 4) is 0 Å². The summed E-state index contributed by atoms with van der Waals surface area (Å²) in [5.41, 5.74) is 0.862.